The van der Waals surface area contributed by atoms with Gasteiger partial charge in [0.15, 0.2) is 5.82 Å². The molecule has 3 heterocycles. The minimum absolute atomic E-state index is 0.192. The van der Waals surface area contributed by atoms with E-state index in [1.807, 2.05) is 6.07 Å². The SMILES string of the molecule is O=C(NCc1nc(-c2cccnc2)n[nH]1)c1ccc(-c2cccc(F)c2)nc1. The molecule has 0 fully saturated rings. The number of aromatic nitrogens is 5. The molecule has 3 aromatic heterocycles. The van der Waals surface area contributed by atoms with Gasteiger partial charge < -0.3 is 5.32 Å². The zero-order chi connectivity index (χ0) is 19.3. The Bertz CT molecular complexity index is 1100. The van der Waals surface area contributed by atoms with E-state index in [0.29, 0.717) is 28.5 Å². The van der Waals surface area contributed by atoms with Gasteiger partial charge in [0.25, 0.3) is 5.91 Å². The topological polar surface area (TPSA) is 96.5 Å². The number of amides is 1. The second kappa shape index (κ2) is 7.75. The molecule has 0 saturated heterocycles. The Balaban J connectivity index is 1.40. The molecule has 0 saturated carbocycles. The van der Waals surface area contributed by atoms with Gasteiger partial charge in [-0.3, -0.25) is 19.9 Å². The third kappa shape index (κ3) is 3.90. The van der Waals surface area contributed by atoms with Gasteiger partial charge in [0.05, 0.1) is 17.8 Å². The highest BCUT2D eigenvalue weighted by atomic mass is 19.1. The van der Waals surface area contributed by atoms with Crippen LogP contribution in [0.5, 0.6) is 0 Å². The number of hydrogen-bond acceptors (Lipinski definition) is 5. The van der Waals surface area contributed by atoms with Crippen LogP contribution in [0.25, 0.3) is 22.6 Å². The van der Waals surface area contributed by atoms with Crippen LogP contribution in [0.2, 0.25) is 0 Å². The van der Waals surface area contributed by atoms with Crippen LogP contribution >= 0.6 is 0 Å². The van der Waals surface area contributed by atoms with Crippen LogP contribution in [-0.4, -0.2) is 31.1 Å². The fourth-order valence-corrected chi connectivity index (χ4v) is 2.61. The van der Waals surface area contributed by atoms with Gasteiger partial charge in [-0.2, -0.15) is 5.10 Å². The Labute approximate surface area is 159 Å². The molecule has 4 aromatic rings. The van der Waals surface area contributed by atoms with E-state index in [1.165, 1.54) is 18.3 Å². The van der Waals surface area contributed by atoms with Crippen LogP contribution in [0.1, 0.15) is 16.2 Å². The molecule has 0 unspecified atom stereocenters. The Hall–Kier alpha value is -3.94. The van der Waals surface area contributed by atoms with E-state index in [1.54, 1.807) is 42.7 Å². The van der Waals surface area contributed by atoms with Crippen molar-refractivity contribution in [3.05, 3.63) is 84.3 Å². The van der Waals surface area contributed by atoms with Crippen molar-refractivity contribution in [3.8, 4) is 22.6 Å². The molecule has 8 heteroatoms. The predicted octanol–water partition coefficient (Wildman–Crippen LogP) is 3.00. The zero-order valence-electron chi connectivity index (χ0n) is 14.6. The second-order valence-electron chi connectivity index (χ2n) is 5.97. The molecule has 4 rings (SSSR count). The highest BCUT2D eigenvalue weighted by Gasteiger charge is 2.10. The third-order valence-corrected chi connectivity index (χ3v) is 4.01. The molecule has 0 aliphatic carbocycles. The van der Waals surface area contributed by atoms with Gasteiger partial charge in [-0.1, -0.05) is 12.1 Å². The molecule has 0 bridgehead atoms. The lowest BCUT2D eigenvalue weighted by Gasteiger charge is -2.05. The molecule has 2 N–H and O–H groups in total. The zero-order valence-corrected chi connectivity index (χ0v) is 14.6. The summed E-state index contributed by atoms with van der Waals surface area (Å²) in [5, 5.41) is 9.67. The van der Waals surface area contributed by atoms with Crippen LogP contribution in [0.15, 0.2) is 67.1 Å². The number of carbonyl (C=O) groups is 1. The van der Waals surface area contributed by atoms with Crippen molar-refractivity contribution >= 4 is 5.91 Å². The van der Waals surface area contributed by atoms with Crippen molar-refractivity contribution in [2.24, 2.45) is 0 Å². The Morgan fingerprint density at radius 2 is 1.96 bits per heavy atom. The normalized spacial score (nSPS) is 10.6. The van der Waals surface area contributed by atoms with Gasteiger partial charge in [-0.05, 0) is 36.4 Å². The van der Waals surface area contributed by atoms with E-state index < -0.39 is 0 Å². The summed E-state index contributed by atoms with van der Waals surface area (Å²) in [5.74, 6) is 0.409. The molecule has 138 valence electrons. The van der Waals surface area contributed by atoms with Gasteiger partial charge in [-0.15, -0.1) is 0 Å². The quantitative estimate of drug-likeness (QED) is 0.560. The molecule has 0 spiro atoms. The summed E-state index contributed by atoms with van der Waals surface area (Å²) < 4.78 is 13.3. The lowest BCUT2D eigenvalue weighted by Crippen LogP contribution is -2.23. The largest absolute Gasteiger partial charge is 0.345 e. The minimum Gasteiger partial charge on any atom is -0.345 e. The Morgan fingerprint density at radius 1 is 1.07 bits per heavy atom. The first-order valence-corrected chi connectivity index (χ1v) is 8.51. The van der Waals surface area contributed by atoms with E-state index in [2.05, 4.69) is 30.5 Å². The molecule has 1 amide bonds. The van der Waals surface area contributed by atoms with E-state index in [-0.39, 0.29) is 18.3 Å². The standard InChI is InChI=1S/C20H15FN6O/c21-16-5-1-3-13(9-16)17-7-6-15(11-23-17)20(28)24-12-18-25-19(27-26-18)14-4-2-8-22-10-14/h1-11H,12H2,(H,24,28)(H,25,26,27). The summed E-state index contributed by atoms with van der Waals surface area (Å²) in [5.41, 5.74) is 2.42. The minimum atomic E-state index is -0.334. The van der Waals surface area contributed by atoms with Gasteiger partial charge in [-0.25, -0.2) is 9.37 Å². The van der Waals surface area contributed by atoms with E-state index in [0.717, 1.165) is 5.56 Å². The molecule has 28 heavy (non-hydrogen) atoms. The summed E-state index contributed by atoms with van der Waals surface area (Å²) in [7, 11) is 0. The van der Waals surface area contributed by atoms with Gasteiger partial charge in [0.1, 0.15) is 11.6 Å². The third-order valence-electron chi connectivity index (χ3n) is 4.01. The van der Waals surface area contributed by atoms with Crippen molar-refractivity contribution in [2.45, 2.75) is 6.54 Å². The first-order chi connectivity index (χ1) is 13.7. The van der Waals surface area contributed by atoms with Crippen molar-refractivity contribution in [1.29, 1.82) is 0 Å². The number of nitrogens with zero attached hydrogens (tertiary/aromatic N) is 4. The molecule has 7 nitrogen and oxygen atoms in total. The van der Waals surface area contributed by atoms with E-state index in [4.69, 9.17) is 0 Å². The fraction of sp³-hybridized carbons (Fsp3) is 0.0500. The Kier molecular flexibility index (Phi) is 4.83. The van der Waals surface area contributed by atoms with Crippen molar-refractivity contribution in [1.82, 2.24) is 30.5 Å². The number of rotatable bonds is 5. The smallest absolute Gasteiger partial charge is 0.253 e. The summed E-state index contributed by atoms with van der Waals surface area (Å²) >= 11 is 0. The predicted molar refractivity (Wildman–Crippen MR) is 100 cm³/mol. The van der Waals surface area contributed by atoms with E-state index in [9.17, 15) is 9.18 Å². The van der Waals surface area contributed by atoms with Crippen LogP contribution in [0.3, 0.4) is 0 Å². The highest BCUT2D eigenvalue weighted by molar-refractivity contribution is 5.94. The maximum atomic E-state index is 13.3. The molecular weight excluding hydrogens is 359 g/mol. The Morgan fingerprint density at radius 3 is 2.71 bits per heavy atom. The summed E-state index contributed by atoms with van der Waals surface area (Å²) in [6, 6.07) is 13.1. The number of aromatic amines is 1. The molecule has 0 aliphatic rings. The fourth-order valence-electron chi connectivity index (χ4n) is 2.61. The number of benzene rings is 1. The average molecular weight is 374 g/mol. The van der Waals surface area contributed by atoms with Crippen LogP contribution in [-0.2, 0) is 6.54 Å². The molecule has 0 aliphatic heterocycles. The van der Waals surface area contributed by atoms with Crippen LogP contribution in [0.4, 0.5) is 4.39 Å². The summed E-state index contributed by atoms with van der Waals surface area (Å²) in [6.07, 6.45) is 4.79. The second-order valence-corrected chi connectivity index (χ2v) is 5.97. The first-order valence-electron chi connectivity index (χ1n) is 8.51. The lowest BCUT2D eigenvalue weighted by atomic mass is 10.1. The molecule has 0 radical (unpaired) electrons. The van der Waals surface area contributed by atoms with Crippen LogP contribution in [0, 0.1) is 5.82 Å². The van der Waals surface area contributed by atoms with Gasteiger partial charge in [0, 0.05) is 29.7 Å². The number of hydrogen-bond donors (Lipinski definition) is 2. The number of halogens is 1. The maximum Gasteiger partial charge on any atom is 0.253 e. The average Bonchev–Trinajstić information content (AvgIpc) is 3.22. The number of nitrogens with one attached hydrogen (secondary N) is 2. The lowest BCUT2D eigenvalue weighted by molar-refractivity contribution is 0.0949. The van der Waals surface area contributed by atoms with Crippen LogP contribution < -0.4 is 5.32 Å². The summed E-state index contributed by atoms with van der Waals surface area (Å²) in [4.78, 5) is 24.9. The monoisotopic (exact) mass is 374 g/mol. The highest BCUT2D eigenvalue weighted by Crippen LogP contribution is 2.18. The van der Waals surface area contributed by atoms with Crippen molar-refractivity contribution < 1.29 is 9.18 Å². The van der Waals surface area contributed by atoms with Gasteiger partial charge in [0.2, 0.25) is 0 Å². The molecular formula is C20H15FN6O. The van der Waals surface area contributed by atoms with E-state index >= 15 is 0 Å². The number of pyridine rings is 2. The number of H-pyrrole nitrogens is 1. The molecule has 0 atom stereocenters. The first kappa shape index (κ1) is 17.5. The summed E-state index contributed by atoms with van der Waals surface area (Å²) in [6.45, 7) is 0.192. The van der Waals surface area contributed by atoms with Crippen molar-refractivity contribution in [2.75, 3.05) is 0 Å². The molecule has 1 aromatic carbocycles. The number of carbonyl (C=O) groups excluding carboxylic acids is 1. The maximum absolute atomic E-state index is 13.3. The van der Waals surface area contributed by atoms with Gasteiger partial charge >= 0.3 is 0 Å². The van der Waals surface area contributed by atoms with Crippen molar-refractivity contribution in [3.63, 3.8) is 0 Å².